The highest BCUT2D eigenvalue weighted by atomic mass is 16.1. The molecule has 0 bridgehead atoms. The lowest BCUT2D eigenvalue weighted by Gasteiger charge is -2.28. The molecule has 106 valence electrons. The van der Waals surface area contributed by atoms with Gasteiger partial charge in [0.25, 0.3) is 5.91 Å². The topological polar surface area (TPSA) is 44.9 Å². The Bertz CT molecular complexity index is 594. The van der Waals surface area contributed by atoms with Crippen LogP contribution in [-0.2, 0) is 0 Å². The lowest BCUT2D eigenvalue weighted by Crippen LogP contribution is -2.37. The molecule has 3 nitrogen and oxygen atoms in total. The fraction of sp³-hybridized carbons (Fsp3) is 0.471. The molecule has 1 amide bonds. The molecule has 2 aromatic rings. The van der Waals surface area contributed by atoms with Gasteiger partial charge in [0, 0.05) is 23.1 Å². The molecular formula is C17H22N2O. The maximum atomic E-state index is 12.4. The van der Waals surface area contributed by atoms with Crippen molar-refractivity contribution in [2.24, 2.45) is 5.92 Å². The number of para-hydroxylation sites is 1. The van der Waals surface area contributed by atoms with Gasteiger partial charge < -0.3 is 10.3 Å². The van der Waals surface area contributed by atoms with Crippen LogP contribution in [0.1, 0.15) is 49.4 Å². The SMILES string of the molecule is CCC1CCC(NC(=O)c2c[nH]c3ccccc23)CC1. The van der Waals surface area contributed by atoms with Gasteiger partial charge in [-0.2, -0.15) is 0 Å². The van der Waals surface area contributed by atoms with Crippen LogP contribution in [0.25, 0.3) is 10.9 Å². The average Bonchev–Trinajstić information content (AvgIpc) is 2.92. The number of nitrogens with one attached hydrogen (secondary N) is 2. The van der Waals surface area contributed by atoms with E-state index in [2.05, 4.69) is 17.2 Å². The van der Waals surface area contributed by atoms with Gasteiger partial charge in [0.2, 0.25) is 0 Å². The van der Waals surface area contributed by atoms with E-state index in [1.807, 2.05) is 30.5 Å². The minimum Gasteiger partial charge on any atom is -0.360 e. The molecule has 1 heterocycles. The van der Waals surface area contributed by atoms with Gasteiger partial charge >= 0.3 is 0 Å². The Balaban J connectivity index is 1.68. The molecular weight excluding hydrogens is 248 g/mol. The highest BCUT2D eigenvalue weighted by Crippen LogP contribution is 2.27. The number of benzene rings is 1. The highest BCUT2D eigenvalue weighted by Gasteiger charge is 2.22. The first-order valence-corrected chi connectivity index (χ1v) is 7.65. The summed E-state index contributed by atoms with van der Waals surface area (Å²) in [5.41, 5.74) is 1.78. The molecule has 1 fully saturated rings. The van der Waals surface area contributed by atoms with Crippen molar-refractivity contribution in [3.8, 4) is 0 Å². The molecule has 20 heavy (non-hydrogen) atoms. The normalized spacial score (nSPS) is 22.9. The van der Waals surface area contributed by atoms with E-state index in [-0.39, 0.29) is 5.91 Å². The maximum Gasteiger partial charge on any atom is 0.253 e. The number of H-pyrrole nitrogens is 1. The van der Waals surface area contributed by atoms with Crippen molar-refractivity contribution in [2.45, 2.75) is 45.1 Å². The van der Waals surface area contributed by atoms with Gasteiger partial charge in [-0.15, -0.1) is 0 Å². The van der Waals surface area contributed by atoms with E-state index in [0.717, 1.165) is 35.2 Å². The van der Waals surface area contributed by atoms with Crippen molar-refractivity contribution in [3.05, 3.63) is 36.0 Å². The van der Waals surface area contributed by atoms with Crippen molar-refractivity contribution in [3.63, 3.8) is 0 Å². The second kappa shape index (κ2) is 5.70. The summed E-state index contributed by atoms with van der Waals surface area (Å²) in [6.45, 7) is 2.26. The minimum atomic E-state index is 0.0578. The summed E-state index contributed by atoms with van der Waals surface area (Å²) in [6, 6.07) is 8.29. The third kappa shape index (κ3) is 2.58. The van der Waals surface area contributed by atoms with E-state index in [4.69, 9.17) is 0 Å². The Morgan fingerprint density at radius 1 is 1.25 bits per heavy atom. The number of fused-ring (bicyclic) bond motifs is 1. The summed E-state index contributed by atoms with van der Waals surface area (Å²) in [6.07, 6.45) is 7.81. The number of hydrogen-bond donors (Lipinski definition) is 2. The van der Waals surface area contributed by atoms with E-state index in [0.29, 0.717) is 6.04 Å². The van der Waals surface area contributed by atoms with Gasteiger partial charge in [0.1, 0.15) is 0 Å². The molecule has 1 saturated carbocycles. The van der Waals surface area contributed by atoms with Crippen LogP contribution in [0, 0.1) is 5.92 Å². The summed E-state index contributed by atoms with van der Waals surface area (Å²) in [5, 5.41) is 4.21. The number of hydrogen-bond acceptors (Lipinski definition) is 1. The Morgan fingerprint density at radius 2 is 2.00 bits per heavy atom. The molecule has 1 aromatic heterocycles. The number of amides is 1. The molecule has 0 aliphatic heterocycles. The molecule has 0 spiro atoms. The Morgan fingerprint density at radius 3 is 2.75 bits per heavy atom. The molecule has 1 aromatic carbocycles. The van der Waals surface area contributed by atoms with Crippen LogP contribution in [0.2, 0.25) is 0 Å². The molecule has 0 saturated heterocycles. The maximum absolute atomic E-state index is 12.4. The first kappa shape index (κ1) is 13.2. The molecule has 0 radical (unpaired) electrons. The lowest BCUT2D eigenvalue weighted by atomic mass is 9.84. The van der Waals surface area contributed by atoms with Gasteiger partial charge in [0.05, 0.1) is 5.56 Å². The molecule has 3 rings (SSSR count). The first-order valence-electron chi connectivity index (χ1n) is 7.65. The second-order valence-electron chi connectivity index (χ2n) is 5.85. The Labute approximate surface area is 119 Å². The molecule has 0 atom stereocenters. The van der Waals surface area contributed by atoms with Gasteiger partial charge in [-0.3, -0.25) is 4.79 Å². The molecule has 3 heteroatoms. The highest BCUT2D eigenvalue weighted by molar-refractivity contribution is 6.06. The second-order valence-corrected chi connectivity index (χ2v) is 5.85. The van der Waals surface area contributed by atoms with Gasteiger partial charge in [-0.1, -0.05) is 31.5 Å². The van der Waals surface area contributed by atoms with E-state index < -0.39 is 0 Å². The summed E-state index contributed by atoms with van der Waals surface area (Å²) < 4.78 is 0. The van der Waals surface area contributed by atoms with Crippen molar-refractivity contribution in [2.75, 3.05) is 0 Å². The van der Waals surface area contributed by atoms with E-state index in [1.165, 1.54) is 19.3 Å². The molecule has 2 N–H and O–H groups in total. The van der Waals surface area contributed by atoms with Gasteiger partial charge in [-0.05, 0) is 37.7 Å². The summed E-state index contributed by atoms with van der Waals surface area (Å²) >= 11 is 0. The smallest absolute Gasteiger partial charge is 0.253 e. The van der Waals surface area contributed by atoms with E-state index in [9.17, 15) is 4.79 Å². The largest absolute Gasteiger partial charge is 0.360 e. The van der Waals surface area contributed by atoms with Crippen LogP contribution in [0.4, 0.5) is 0 Å². The first-order chi connectivity index (χ1) is 9.78. The Hall–Kier alpha value is -1.77. The zero-order valence-electron chi connectivity index (χ0n) is 12.0. The Kier molecular flexibility index (Phi) is 3.77. The third-order valence-corrected chi connectivity index (χ3v) is 4.59. The fourth-order valence-electron chi connectivity index (χ4n) is 3.24. The van der Waals surface area contributed by atoms with Crippen LogP contribution < -0.4 is 5.32 Å². The number of aromatic nitrogens is 1. The summed E-state index contributed by atoms with van der Waals surface area (Å²) in [4.78, 5) is 15.6. The third-order valence-electron chi connectivity index (χ3n) is 4.59. The molecule has 1 aliphatic carbocycles. The summed E-state index contributed by atoms with van der Waals surface area (Å²) in [5.74, 6) is 0.915. The quantitative estimate of drug-likeness (QED) is 0.873. The van der Waals surface area contributed by atoms with Gasteiger partial charge in [0.15, 0.2) is 0 Å². The van der Waals surface area contributed by atoms with Gasteiger partial charge in [-0.25, -0.2) is 0 Å². The van der Waals surface area contributed by atoms with Crippen LogP contribution >= 0.6 is 0 Å². The summed E-state index contributed by atoms with van der Waals surface area (Å²) in [7, 11) is 0. The van der Waals surface area contributed by atoms with Crippen molar-refractivity contribution >= 4 is 16.8 Å². The fourth-order valence-corrected chi connectivity index (χ4v) is 3.24. The van der Waals surface area contributed by atoms with Crippen LogP contribution in [-0.4, -0.2) is 16.9 Å². The average molecular weight is 270 g/mol. The van der Waals surface area contributed by atoms with Crippen molar-refractivity contribution in [1.29, 1.82) is 0 Å². The van der Waals surface area contributed by atoms with Crippen molar-refractivity contribution < 1.29 is 4.79 Å². The predicted octanol–water partition coefficient (Wildman–Crippen LogP) is 3.87. The van der Waals surface area contributed by atoms with Crippen molar-refractivity contribution in [1.82, 2.24) is 10.3 Å². The number of aromatic amines is 1. The number of carbonyl (C=O) groups excluding carboxylic acids is 1. The van der Waals surface area contributed by atoms with E-state index >= 15 is 0 Å². The standard InChI is InChI=1S/C17H22N2O/c1-2-12-7-9-13(10-8-12)19-17(20)15-11-18-16-6-4-3-5-14(15)16/h3-6,11-13,18H,2,7-10H2,1H3,(H,19,20). The zero-order valence-corrected chi connectivity index (χ0v) is 12.0. The molecule has 1 aliphatic rings. The zero-order chi connectivity index (χ0) is 13.9. The van der Waals surface area contributed by atoms with Crippen LogP contribution in [0.3, 0.4) is 0 Å². The molecule has 0 unspecified atom stereocenters. The number of rotatable bonds is 3. The van der Waals surface area contributed by atoms with Crippen LogP contribution in [0.15, 0.2) is 30.5 Å². The predicted molar refractivity (Wildman–Crippen MR) is 81.8 cm³/mol. The monoisotopic (exact) mass is 270 g/mol. The van der Waals surface area contributed by atoms with Crippen LogP contribution in [0.5, 0.6) is 0 Å². The lowest BCUT2D eigenvalue weighted by molar-refractivity contribution is 0.0923. The minimum absolute atomic E-state index is 0.0578. The van der Waals surface area contributed by atoms with E-state index in [1.54, 1.807) is 0 Å². The number of carbonyl (C=O) groups is 1.